The van der Waals surface area contributed by atoms with Crippen LogP contribution in [-0.2, 0) is 14.8 Å². The minimum Gasteiger partial charge on any atom is -0.378 e. The molecule has 0 amide bonds. The molecule has 1 saturated carbocycles. The van der Waals surface area contributed by atoms with Crippen molar-refractivity contribution >= 4 is 10.0 Å². The number of sulfonamides is 1. The summed E-state index contributed by atoms with van der Waals surface area (Å²) in [5.41, 5.74) is 0. The Morgan fingerprint density at radius 2 is 2.28 bits per heavy atom. The molecule has 1 aliphatic rings. The number of nitrogens with zero attached hydrogens (tertiary/aromatic N) is 1. The van der Waals surface area contributed by atoms with Crippen molar-refractivity contribution in [2.24, 2.45) is 0 Å². The third-order valence-corrected chi connectivity index (χ3v) is 4.25. The van der Waals surface area contributed by atoms with Gasteiger partial charge in [-0.05, 0) is 31.9 Å². The van der Waals surface area contributed by atoms with Crippen molar-refractivity contribution in [1.82, 2.24) is 9.71 Å². The van der Waals surface area contributed by atoms with Crippen molar-refractivity contribution in [3.63, 3.8) is 0 Å². The SMILES string of the molecule is CCOC1CC(NS(=O)(=O)c2ncccc2F)C1. The molecule has 1 heterocycles. The Morgan fingerprint density at radius 1 is 1.56 bits per heavy atom. The fourth-order valence-electron chi connectivity index (χ4n) is 1.88. The summed E-state index contributed by atoms with van der Waals surface area (Å²) in [6, 6.07) is 2.22. The van der Waals surface area contributed by atoms with E-state index in [9.17, 15) is 12.8 Å². The van der Waals surface area contributed by atoms with E-state index in [1.807, 2.05) is 6.92 Å². The molecule has 7 heteroatoms. The molecule has 100 valence electrons. The van der Waals surface area contributed by atoms with Crippen molar-refractivity contribution in [2.75, 3.05) is 6.61 Å². The maximum absolute atomic E-state index is 13.3. The summed E-state index contributed by atoms with van der Waals surface area (Å²) < 4.78 is 44.8. The van der Waals surface area contributed by atoms with Crippen molar-refractivity contribution in [3.05, 3.63) is 24.1 Å². The van der Waals surface area contributed by atoms with Crippen LogP contribution in [0.25, 0.3) is 0 Å². The quantitative estimate of drug-likeness (QED) is 0.872. The fraction of sp³-hybridized carbons (Fsp3) is 0.545. The van der Waals surface area contributed by atoms with Crippen LogP contribution in [0.2, 0.25) is 0 Å². The molecule has 0 spiro atoms. The second-order valence-corrected chi connectivity index (χ2v) is 5.79. The van der Waals surface area contributed by atoms with Crippen LogP contribution in [0.1, 0.15) is 19.8 Å². The molecule has 1 aliphatic carbocycles. The highest BCUT2D eigenvalue weighted by Crippen LogP contribution is 2.25. The standard InChI is InChI=1S/C11H15FN2O3S/c1-2-17-9-6-8(7-9)14-18(15,16)11-10(12)4-3-5-13-11/h3-5,8-9,14H,2,6-7H2,1H3. The van der Waals surface area contributed by atoms with Gasteiger partial charge in [0.05, 0.1) is 6.10 Å². The third-order valence-electron chi connectivity index (χ3n) is 2.80. The number of nitrogens with one attached hydrogen (secondary N) is 1. The largest absolute Gasteiger partial charge is 0.378 e. The molecule has 0 unspecified atom stereocenters. The van der Waals surface area contributed by atoms with Gasteiger partial charge in [-0.1, -0.05) is 0 Å². The molecule has 1 N–H and O–H groups in total. The zero-order chi connectivity index (χ0) is 13.2. The second-order valence-electron chi connectivity index (χ2n) is 4.16. The number of aromatic nitrogens is 1. The van der Waals surface area contributed by atoms with Crippen LogP contribution in [0.4, 0.5) is 4.39 Å². The lowest BCUT2D eigenvalue weighted by Gasteiger charge is -2.34. The fourth-order valence-corrected chi connectivity index (χ4v) is 3.15. The summed E-state index contributed by atoms with van der Waals surface area (Å²) >= 11 is 0. The van der Waals surface area contributed by atoms with Gasteiger partial charge in [-0.15, -0.1) is 0 Å². The first-order chi connectivity index (χ1) is 8.53. The van der Waals surface area contributed by atoms with Gasteiger partial charge in [0, 0.05) is 18.8 Å². The molecule has 0 saturated heterocycles. The Labute approximate surface area is 105 Å². The van der Waals surface area contributed by atoms with Gasteiger partial charge in [0.1, 0.15) is 0 Å². The van der Waals surface area contributed by atoms with Gasteiger partial charge in [0.25, 0.3) is 10.0 Å². The van der Waals surface area contributed by atoms with E-state index in [0.29, 0.717) is 19.4 Å². The molecule has 1 aromatic rings. The maximum Gasteiger partial charge on any atom is 0.261 e. The van der Waals surface area contributed by atoms with Gasteiger partial charge in [-0.25, -0.2) is 22.5 Å². The number of pyridine rings is 1. The van der Waals surface area contributed by atoms with E-state index in [0.717, 1.165) is 6.07 Å². The lowest BCUT2D eigenvalue weighted by molar-refractivity contribution is -0.00478. The minimum atomic E-state index is -3.88. The molecular formula is C11H15FN2O3S. The van der Waals surface area contributed by atoms with E-state index in [-0.39, 0.29) is 12.1 Å². The summed E-state index contributed by atoms with van der Waals surface area (Å²) in [7, 11) is -3.88. The van der Waals surface area contributed by atoms with Crippen LogP contribution in [0.3, 0.4) is 0 Å². The Morgan fingerprint density at radius 3 is 2.89 bits per heavy atom. The molecule has 1 aromatic heterocycles. The highest BCUT2D eigenvalue weighted by molar-refractivity contribution is 7.89. The Hall–Kier alpha value is -1.05. The van der Waals surface area contributed by atoms with E-state index >= 15 is 0 Å². The Kier molecular flexibility index (Phi) is 3.94. The van der Waals surface area contributed by atoms with Crippen molar-refractivity contribution < 1.29 is 17.5 Å². The van der Waals surface area contributed by atoms with Gasteiger partial charge < -0.3 is 4.74 Å². The topological polar surface area (TPSA) is 68.3 Å². The molecule has 0 bridgehead atoms. The average molecular weight is 274 g/mol. The molecule has 2 rings (SSSR count). The van der Waals surface area contributed by atoms with E-state index in [1.54, 1.807) is 0 Å². The summed E-state index contributed by atoms with van der Waals surface area (Å²) in [6.45, 7) is 2.50. The van der Waals surface area contributed by atoms with Gasteiger partial charge in [0.15, 0.2) is 5.82 Å². The van der Waals surface area contributed by atoms with Gasteiger partial charge in [0.2, 0.25) is 5.03 Å². The Balaban J connectivity index is 2.00. The molecule has 0 aromatic carbocycles. The van der Waals surface area contributed by atoms with Crippen LogP contribution < -0.4 is 4.72 Å². The lowest BCUT2D eigenvalue weighted by atomic mass is 9.90. The van der Waals surface area contributed by atoms with E-state index < -0.39 is 20.9 Å². The van der Waals surface area contributed by atoms with Crippen LogP contribution in [0, 0.1) is 5.82 Å². The maximum atomic E-state index is 13.3. The Bertz CT molecular complexity index is 515. The zero-order valence-electron chi connectivity index (χ0n) is 9.97. The minimum absolute atomic E-state index is 0.0938. The lowest BCUT2D eigenvalue weighted by Crippen LogP contribution is -2.48. The summed E-state index contributed by atoms with van der Waals surface area (Å²) in [6.07, 6.45) is 2.57. The number of halogens is 1. The predicted molar refractivity (Wildman–Crippen MR) is 63.0 cm³/mol. The van der Waals surface area contributed by atoms with Crippen LogP contribution in [-0.4, -0.2) is 32.2 Å². The second kappa shape index (κ2) is 5.29. The molecular weight excluding hydrogens is 259 g/mol. The van der Waals surface area contributed by atoms with E-state index in [4.69, 9.17) is 4.74 Å². The molecule has 5 nitrogen and oxygen atoms in total. The monoisotopic (exact) mass is 274 g/mol. The zero-order valence-corrected chi connectivity index (χ0v) is 10.8. The molecule has 0 atom stereocenters. The number of ether oxygens (including phenoxy) is 1. The van der Waals surface area contributed by atoms with Gasteiger partial charge in [-0.3, -0.25) is 0 Å². The van der Waals surface area contributed by atoms with E-state index in [1.165, 1.54) is 12.3 Å². The summed E-state index contributed by atoms with van der Waals surface area (Å²) in [4.78, 5) is 3.56. The van der Waals surface area contributed by atoms with Gasteiger partial charge in [-0.2, -0.15) is 0 Å². The first-order valence-corrected chi connectivity index (χ1v) is 7.25. The highest BCUT2D eigenvalue weighted by Gasteiger charge is 2.34. The highest BCUT2D eigenvalue weighted by atomic mass is 32.2. The first-order valence-electron chi connectivity index (χ1n) is 5.77. The van der Waals surface area contributed by atoms with Crippen molar-refractivity contribution in [2.45, 2.75) is 36.9 Å². The van der Waals surface area contributed by atoms with Crippen molar-refractivity contribution in [3.8, 4) is 0 Å². The smallest absolute Gasteiger partial charge is 0.261 e. The van der Waals surface area contributed by atoms with Gasteiger partial charge >= 0.3 is 0 Å². The molecule has 1 fully saturated rings. The number of rotatable bonds is 5. The summed E-state index contributed by atoms with van der Waals surface area (Å²) in [5.74, 6) is -0.842. The molecule has 18 heavy (non-hydrogen) atoms. The van der Waals surface area contributed by atoms with Crippen LogP contribution in [0.5, 0.6) is 0 Å². The van der Waals surface area contributed by atoms with Crippen LogP contribution in [0.15, 0.2) is 23.4 Å². The number of hydrogen-bond donors (Lipinski definition) is 1. The molecule has 0 radical (unpaired) electrons. The average Bonchev–Trinajstić information content (AvgIpc) is 2.26. The van der Waals surface area contributed by atoms with E-state index in [2.05, 4.69) is 9.71 Å². The summed E-state index contributed by atoms with van der Waals surface area (Å²) in [5, 5.41) is -0.551. The first kappa shape index (κ1) is 13.4. The predicted octanol–water partition coefficient (Wildman–Crippen LogP) is 1.07. The molecule has 0 aliphatic heterocycles. The van der Waals surface area contributed by atoms with Crippen molar-refractivity contribution in [1.29, 1.82) is 0 Å². The third kappa shape index (κ3) is 2.85. The number of hydrogen-bond acceptors (Lipinski definition) is 4. The normalized spacial score (nSPS) is 23.7. The van der Waals surface area contributed by atoms with Crippen LogP contribution >= 0.6 is 0 Å².